The highest BCUT2D eigenvalue weighted by Crippen LogP contribution is 2.19. The molecule has 0 aliphatic carbocycles. The second-order valence-electron chi connectivity index (χ2n) is 3.36. The minimum Gasteiger partial charge on any atom is -0.293 e. The van der Waals surface area contributed by atoms with Crippen molar-refractivity contribution >= 4 is 15.9 Å². The van der Waals surface area contributed by atoms with Crippen molar-refractivity contribution in [1.82, 2.24) is 9.88 Å². The van der Waals surface area contributed by atoms with Crippen LogP contribution in [0.2, 0.25) is 0 Å². The van der Waals surface area contributed by atoms with Crippen LogP contribution >= 0.6 is 15.9 Å². The Morgan fingerprint density at radius 3 is 3.15 bits per heavy atom. The number of fused-ring (bicyclic) bond motifs is 1. The summed E-state index contributed by atoms with van der Waals surface area (Å²) in [5, 5.41) is 1.09. The van der Waals surface area contributed by atoms with Gasteiger partial charge in [0.15, 0.2) is 0 Å². The van der Waals surface area contributed by atoms with E-state index in [9.17, 15) is 0 Å². The first-order valence-electron chi connectivity index (χ1n) is 4.61. The Morgan fingerprint density at radius 1 is 1.46 bits per heavy atom. The first-order valence-corrected chi connectivity index (χ1v) is 5.73. The van der Waals surface area contributed by atoms with Gasteiger partial charge in [0.25, 0.3) is 0 Å². The average Bonchev–Trinajstić information content (AvgIpc) is 2.57. The van der Waals surface area contributed by atoms with Gasteiger partial charge in [0.1, 0.15) is 0 Å². The Hall–Kier alpha value is -0.410. The van der Waals surface area contributed by atoms with Crippen molar-refractivity contribution in [3.63, 3.8) is 0 Å². The van der Waals surface area contributed by atoms with E-state index >= 15 is 0 Å². The van der Waals surface area contributed by atoms with E-state index in [4.69, 9.17) is 0 Å². The van der Waals surface area contributed by atoms with E-state index in [1.54, 1.807) is 0 Å². The molecule has 0 fully saturated rings. The topological polar surface area (TPSA) is 16.1 Å². The van der Waals surface area contributed by atoms with Gasteiger partial charge in [-0.15, -0.1) is 0 Å². The minimum absolute atomic E-state index is 1.03. The molecule has 0 saturated heterocycles. The third-order valence-corrected chi connectivity index (χ3v) is 2.92. The van der Waals surface area contributed by atoms with Crippen molar-refractivity contribution in [2.75, 3.05) is 11.9 Å². The zero-order valence-corrected chi connectivity index (χ0v) is 9.13. The van der Waals surface area contributed by atoms with E-state index in [-0.39, 0.29) is 0 Å². The number of halogens is 1. The third kappa shape index (κ3) is 2.09. The molecule has 13 heavy (non-hydrogen) atoms. The summed E-state index contributed by atoms with van der Waals surface area (Å²) in [7, 11) is 0. The highest BCUT2D eigenvalue weighted by atomic mass is 79.9. The molecule has 1 aromatic heterocycles. The number of alkyl halides is 1. The van der Waals surface area contributed by atoms with E-state index in [1.165, 1.54) is 24.2 Å². The summed E-state index contributed by atoms with van der Waals surface area (Å²) < 4.78 is 0. The van der Waals surface area contributed by atoms with Crippen LogP contribution in [0.15, 0.2) is 18.3 Å². The van der Waals surface area contributed by atoms with Crippen LogP contribution in [-0.4, -0.2) is 21.8 Å². The first-order chi connectivity index (χ1) is 6.40. The molecule has 0 aromatic carbocycles. The lowest BCUT2D eigenvalue weighted by Crippen LogP contribution is -2.17. The van der Waals surface area contributed by atoms with Gasteiger partial charge >= 0.3 is 0 Å². The van der Waals surface area contributed by atoms with E-state index in [1.807, 2.05) is 12.3 Å². The average molecular weight is 241 g/mol. The van der Waals surface area contributed by atoms with E-state index in [2.05, 4.69) is 31.9 Å². The molecule has 70 valence electrons. The maximum atomic E-state index is 4.36. The summed E-state index contributed by atoms with van der Waals surface area (Å²) in [5.41, 5.74) is 2.66. The number of hydrogen-bond acceptors (Lipinski definition) is 2. The molecule has 0 bridgehead atoms. The molecule has 2 heterocycles. The van der Waals surface area contributed by atoms with Gasteiger partial charge in [-0.1, -0.05) is 22.0 Å². The molecular formula is C10H13BrN2. The smallest absolute Gasteiger partial charge is 0.0589 e. The fraction of sp³-hybridized carbons (Fsp3) is 0.500. The molecule has 2 rings (SSSR count). The monoisotopic (exact) mass is 240 g/mol. The van der Waals surface area contributed by atoms with Gasteiger partial charge in [0.05, 0.1) is 5.69 Å². The number of aromatic nitrogens is 1. The van der Waals surface area contributed by atoms with Crippen molar-refractivity contribution in [3.8, 4) is 0 Å². The van der Waals surface area contributed by atoms with E-state index in [0.29, 0.717) is 0 Å². The Bertz CT molecular complexity index is 263. The lowest BCUT2D eigenvalue weighted by atomic mass is 10.2. The van der Waals surface area contributed by atoms with Crippen molar-refractivity contribution < 1.29 is 0 Å². The largest absolute Gasteiger partial charge is 0.293 e. The molecule has 0 amide bonds. The third-order valence-electron chi connectivity index (χ3n) is 2.36. The summed E-state index contributed by atoms with van der Waals surface area (Å²) in [4.78, 5) is 6.81. The van der Waals surface area contributed by atoms with Crippen LogP contribution in [-0.2, 0) is 13.1 Å². The number of hydrogen-bond donors (Lipinski definition) is 0. The predicted molar refractivity (Wildman–Crippen MR) is 56.8 cm³/mol. The van der Waals surface area contributed by atoms with Crippen LogP contribution in [0.3, 0.4) is 0 Å². The van der Waals surface area contributed by atoms with Crippen LogP contribution in [0.5, 0.6) is 0 Å². The Morgan fingerprint density at radius 2 is 2.38 bits per heavy atom. The normalized spacial score (nSPS) is 16.1. The van der Waals surface area contributed by atoms with Crippen LogP contribution in [0.1, 0.15) is 17.7 Å². The molecule has 3 heteroatoms. The molecule has 0 saturated carbocycles. The lowest BCUT2D eigenvalue weighted by Gasteiger charge is -2.12. The Balaban J connectivity index is 1.97. The fourth-order valence-corrected chi connectivity index (χ4v) is 1.96. The fourth-order valence-electron chi connectivity index (χ4n) is 1.71. The van der Waals surface area contributed by atoms with Crippen molar-refractivity contribution in [3.05, 3.63) is 29.6 Å². The van der Waals surface area contributed by atoms with Crippen LogP contribution in [0, 0.1) is 0 Å². The van der Waals surface area contributed by atoms with E-state index < -0.39 is 0 Å². The maximum Gasteiger partial charge on any atom is 0.0589 e. The number of nitrogens with zero attached hydrogens (tertiary/aromatic N) is 2. The number of pyridine rings is 1. The molecule has 2 nitrogen and oxygen atoms in total. The van der Waals surface area contributed by atoms with Gasteiger partial charge in [0, 0.05) is 24.6 Å². The molecule has 0 unspecified atom stereocenters. The van der Waals surface area contributed by atoms with Crippen molar-refractivity contribution in [1.29, 1.82) is 0 Å². The zero-order chi connectivity index (χ0) is 9.10. The molecular weight excluding hydrogens is 228 g/mol. The lowest BCUT2D eigenvalue weighted by molar-refractivity contribution is 0.284. The zero-order valence-electron chi connectivity index (χ0n) is 7.54. The van der Waals surface area contributed by atoms with Crippen LogP contribution in [0.4, 0.5) is 0 Å². The van der Waals surface area contributed by atoms with Crippen LogP contribution < -0.4 is 0 Å². The summed E-state index contributed by atoms with van der Waals surface area (Å²) in [6.45, 7) is 3.28. The summed E-state index contributed by atoms with van der Waals surface area (Å²) in [6.07, 6.45) is 3.10. The first kappa shape index (κ1) is 9.16. The standard InChI is InChI=1S/C10H13BrN2/c11-4-2-6-13-7-9-3-1-5-12-10(9)8-13/h1,3,5H,2,4,6-8H2. The Labute approximate surface area is 87.1 Å². The second-order valence-corrected chi connectivity index (χ2v) is 4.16. The minimum atomic E-state index is 1.03. The van der Waals surface area contributed by atoms with Gasteiger partial charge in [-0.2, -0.15) is 0 Å². The predicted octanol–water partition coefficient (Wildman–Crippen LogP) is 2.18. The molecule has 1 aliphatic rings. The Kier molecular flexibility index (Phi) is 2.96. The van der Waals surface area contributed by atoms with Crippen LogP contribution in [0.25, 0.3) is 0 Å². The molecule has 0 N–H and O–H groups in total. The van der Waals surface area contributed by atoms with Gasteiger partial charge in [-0.3, -0.25) is 9.88 Å². The molecule has 0 radical (unpaired) electrons. The highest BCUT2D eigenvalue weighted by molar-refractivity contribution is 9.09. The van der Waals surface area contributed by atoms with Gasteiger partial charge in [-0.05, 0) is 24.6 Å². The molecule has 1 aromatic rings. The van der Waals surface area contributed by atoms with Gasteiger partial charge < -0.3 is 0 Å². The van der Waals surface area contributed by atoms with Gasteiger partial charge in [-0.25, -0.2) is 0 Å². The van der Waals surface area contributed by atoms with Crippen molar-refractivity contribution in [2.45, 2.75) is 19.5 Å². The van der Waals surface area contributed by atoms with E-state index in [0.717, 1.165) is 18.4 Å². The van der Waals surface area contributed by atoms with Crippen molar-refractivity contribution in [2.24, 2.45) is 0 Å². The summed E-state index contributed by atoms with van der Waals surface area (Å²) in [5.74, 6) is 0. The summed E-state index contributed by atoms with van der Waals surface area (Å²) >= 11 is 3.45. The molecule has 0 atom stereocenters. The SMILES string of the molecule is BrCCCN1Cc2cccnc2C1. The highest BCUT2D eigenvalue weighted by Gasteiger charge is 2.18. The molecule has 1 aliphatic heterocycles. The number of rotatable bonds is 3. The quantitative estimate of drug-likeness (QED) is 0.754. The maximum absolute atomic E-state index is 4.36. The summed E-state index contributed by atoms with van der Waals surface area (Å²) in [6, 6.07) is 4.20. The van der Waals surface area contributed by atoms with Gasteiger partial charge in [0.2, 0.25) is 0 Å². The second kappa shape index (κ2) is 4.20. The molecule has 0 spiro atoms.